The number of hydrogen-bond donors (Lipinski definition) is 0. The molecule has 0 N–H and O–H groups in total. The van der Waals surface area contributed by atoms with Crippen molar-refractivity contribution in [2.75, 3.05) is 40.6 Å². The third-order valence-corrected chi connectivity index (χ3v) is 6.29. The molecule has 0 spiro atoms. The van der Waals surface area contributed by atoms with E-state index >= 15 is 0 Å². The molecule has 0 bridgehead atoms. The smallest absolute Gasteiger partial charge is 0.259 e. The Morgan fingerprint density at radius 2 is 1.61 bits per heavy atom. The second kappa shape index (κ2) is 8.40. The molecule has 0 unspecified atom stereocenters. The van der Waals surface area contributed by atoms with E-state index in [-0.39, 0.29) is 12.4 Å². The maximum atomic E-state index is 13.8. The minimum atomic E-state index is -0.113. The molecule has 9 heteroatoms. The normalized spacial score (nSPS) is 12.9. The van der Waals surface area contributed by atoms with Crippen LogP contribution in [0.3, 0.4) is 0 Å². The van der Waals surface area contributed by atoms with E-state index in [1.807, 2.05) is 12.1 Å². The van der Waals surface area contributed by atoms with E-state index < -0.39 is 0 Å². The molecule has 2 aromatic carbocycles. The Morgan fingerprint density at radius 1 is 0.939 bits per heavy atom. The molecule has 0 aliphatic carbocycles. The summed E-state index contributed by atoms with van der Waals surface area (Å²) in [6.07, 6.45) is 0. The van der Waals surface area contributed by atoms with Gasteiger partial charge in [0.05, 0.1) is 30.6 Å². The first-order valence-electron chi connectivity index (χ1n) is 11.0. The number of nitrogens with zero attached hydrogens (tertiary/aromatic N) is 4. The molecule has 4 aromatic rings. The average Bonchev–Trinajstić information content (AvgIpc) is 3.31. The van der Waals surface area contributed by atoms with Crippen molar-refractivity contribution in [2.24, 2.45) is 0 Å². The summed E-state index contributed by atoms with van der Waals surface area (Å²) in [7, 11) is 3.12. The number of hydrogen-bond acceptors (Lipinski definition) is 8. The SMILES string of the molecule is CCN(CC)CCn1c(=O)c2cc(OC)c(OC)cc2c2nnc3cc4c(cc3c21)OCO4. The number of pyridine rings is 1. The van der Waals surface area contributed by atoms with Gasteiger partial charge in [0.2, 0.25) is 6.79 Å². The molecule has 3 heterocycles. The maximum absolute atomic E-state index is 13.8. The molecule has 0 fully saturated rings. The molecule has 0 atom stereocenters. The zero-order valence-corrected chi connectivity index (χ0v) is 19.2. The van der Waals surface area contributed by atoms with Gasteiger partial charge in [0.1, 0.15) is 5.52 Å². The number of rotatable bonds is 7. The van der Waals surface area contributed by atoms with E-state index in [1.165, 1.54) is 0 Å². The number of benzene rings is 2. The molecule has 2 aromatic heterocycles. The molecule has 172 valence electrons. The van der Waals surface area contributed by atoms with E-state index in [0.29, 0.717) is 51.3 Å². The first-order chi connectivity index (χ1) is 16.1. The van der Waals surface area contributed by atoms with E-state index in [9.17, 15) is 4.79 Å². The minimum absolute atomic E-state index is 0.113. The van der Waals surface area contributed by atoms with Gasteiger partial charge in [-0.25, -0.2) is 0 Å². The molecule has 5 rings (SSSR count). The summed E-state index contributed by atoms with van der Waals surface area (Å²) in [6.45, 7) is 7.44. The van der Waals surface area contributed by atoms with Gasteiger partial charge < -0.3 is 28.4 Å². The van der Waals surface area contributed by atoms with Gasteiger partial charge in [-0.2, -0.15) is 0 Å². The molecule has 0 radical (unpaired) electrons. The van der Waals surface area contributed by atoms with Gasteiger partial charge in [0, 0.05) is 29.9 Å². The zero-order chi connectivity index (χ0) is 23.1. The molecule has 33 heavy (non-hydrogen) atoms. The third-order valence-electron chi connectivity index (χ3n) is 6.29. The Morgan fingerprint density at radius 3 is 2.27 bits per heavy atom. The highest BCUT2D eigenvalue weighted by molar-refractivity contribution is 6.13. The maximum Gasteiger partial charge on any atom is 0.259 e. The predicted octanol–water partition coefficient (Wildman–Crippen LogP) is 3.19. The van der Waals surface area contributed by atoms with Crippen molar-refractivity contribution in [3.63, 3.8) is 0 Å². The van der Waals surface area contributed by atoms with Gasteiger partial charge in [0.25, 0.3) is 5.56 Å². The van der Waals surface area contributed by atoms with Crippen molar-refractivity contribution < 1.29 is 18.9 Å². The van der Waals surface area contributed by atoms with Gasteiger partial charge in [-0.15, -0.1) is 10.2 Å². The van der Waals surface area contributed by atoms with Crippen LogP contribution < -0.4 is 24.5 Å². The molecule has 9 nitrogen and oxygen atoms in total. The van der Waals surface area contributed by atoms with Gasteiger partial charge >= 0.3 is 0 Å². The fourth-order valence-corrected chi connectivity index (χ4v) is 4.43. The minimum Gasteiger partial charge on any atom is -0.493 e. The predicted molar refractivity (Wildman–Crippen MR) is 126 cm³/mol. The van der Waals surface area contributed by atoms with E-state index in [1.54, 1.807) is 30.9 Å². The topological polar surface area (TPSA) is 87.9 Å². The number of fused-ring (bicyclic) bond motifs is 6. The van der Waals surface area contributed by atoms with Crippen molar-refractivity contribution in [1.82, 2.24) is 19.7 Å². The van der Waals surface area contributed by atoms with Crippen molar-refractivity contribution in [2.45, 2.75) is 20.4 Å². The number of likely N-dealkylation sites (N-methyl/N-ethyl adjacent to an activating group) is 1. The second-order valence-corrected chi connectivity index (χ2v) is 7.86. The monoisotopic (exact) mass is 450 g/mol. The summed E-state index contributed by atoms with van der Waals surface area (Å²) in [4.78, 5) is 16.1. The van der Waals surface area contributed by atoms with Crippen LogP contribution in [0, 0.1) is 0 Å². The van der Waals surface area contributed by atoms with Crippen LogP contribution in [-0.4, -0.2) is 60.3 Å². The average molecular weight is 450 g/mol. The van der Waals surface area contributed by atoms with Crippen LogP contribution in [0.2, 0.25) is 0 Å². The number of methoxy groups -OCH3 is 2. The summed E-state index contributed by atoms with van der Waals surface area (Å²) in [5.74, 6) is 2.28. The van der Waals surface area contributed by atoms with E-state index in [0.717, 1.165) is 30.5 Å². The highest BCUT2D eigenvalue weighted by Crippen LogP contribution is 2.39. The van der Waals surface area contributed by atoms with Crippen molar-refractivity contribution in [3.8, 4) is 23.0 Å². The van der Waals surface area contributed by atoms with Crippen molar-refractivity contribution in [3.05, 3.63) is 34.6 Å². The number of ether oxygens (including phenoxy) is 4. The lowest BCUT2D eigenvalue weighted by atomic mass is 10.1. The molecule has 1 aliphatic rings. The largest absolute Gasteiger partial charge is 0.493 e. The van der Waals surface area contributed by atoms with E-state index in [4.69, 9.17) is 18.9 Å². The van der Waals surface area contributed by atoms with Crippen LogP contribution in [0.15, 0.2) is 29.1 Å². The molecule has 0 saturated carbocycles. The Labute approximate surface area is 190 Å². The summed E-state index contributed by atoms with van der Waals surface area (Å²) in [6, 6.07) is 7.20. The molecule has 0 amide bonds. The van der Waals surface area contributed by atoms with E-state index in [2.05, 4.69) is 28.9 Å². The zero-order valence-electron chi connectivity index (χ0n) is 19.2. The van der Waals surface area contributed by atoms with Crippen LogP contribution in [-0.2, 0) is 6.54 Å². The molecule has 0 saturated heterocycles. The highest BCUT2D eigenvalue weighted by Gasteiger charge is 2.22. The van der Waals surface area contributed by atoms with Gasteiger partial charge in [-0.3, -0.25) is 4.79 Å². The quantitative estimate of drug-likeness (QED) is 0.397. The Bertz CT molecular complexity index is 1430. The van der Waals surface area contributed by atoms with Crippen molar-refractivity contribution in [1.29, 1.82) is 0 Å². The third kappa shape index (κ3) is 3.39. The Balaban J connectivity index is 1.88. The van der Waals surface area contributed by atoms with Gasteiger partial charge in [-0.05, 0) is 31.3 Å². The van der Waals surface area contributed by atoms with Crippen LogP contribution in [0.5, 0.6) is 23.0 Å². The highest BCUT2D eigenvalue weighted by atomic mass is 16.7. The molecular weight excluding hydrogens is 424 g/mol. The van der Waals surface area contributed by atoms with Crippen molar-refractivity contribution >= 4 is 32.7 Å². The Kier molecular flexibility index (Phi) is 5.41. The summed E-state index contributed by atoms with van der Waals surface area (Å²) >= 11 is 0. The Hall–Kier alpha value is -3.59. The van der Waals surface area contributed by atoms with Crippen LogP contribution in [0.4, 0.5) is 0 Å². The fraction of sp³-hybridized carbons (Fsp3) is 0.375. The molecular formula is C24H26N4O5. The molecule has 1 aliphatic heterocycles. The lowest BCUT2D eigenvalue weighted by Crippen LogP contribution is -2.31. The number of aromatic nitrogens is 3. The fourth-order valence-electron chi connectivity index (χ4n) is 4.43. The summed E-state index contributed by atoms with van der Waals surface area (Å²) in [5, 5.41) is 11.0. The standard InChI is InChI=1S/C24H26N4O5/c1-5-27(6-2)7-8-28-23-16-11-20-21(33-13-32-20)12-17(16)25-26-22(23)14-9-18(30-3)19(31-4)10-15(14)24(28)29/h9-12H,5-8,13H2,1-4H3. The summed E-state index contributed by atoms with van der Waals surface area (Å²) < 4.78 is 23.9. The first kappa shape index (κ1) is 21.3. The second-order valence-electron chi connectivity index (χ2n) is 7.86. The van der Waals surface area contributed by atoms with Crippen LogP contribution in [0.25, 0.3) is 32.7 Å². The first-order valence-corrected chi connectivity index (χ1v) is 11.0. The lowest BCUT2D eigenvalue weighted by molar-refractivity contribution is 0.174. The van der Waals surface area contributed by atoms with Gasteiger partial charge in [0.15, 0.2) is 23.0 Å². The van der Waals surface area contributed by atoms with Crippen LogP contribution >= 0.6 is 0 Å². The lowest BCUT2D eigenvalue weighted by Gasteiger charge is -2.21. The van der Waals surface area contributed by atoms with Crippen LogP contribution in [0.1, 0.15) is 13.8 Å². The van der Waals surface area contributed by atoms with Gasteiger partial charge in [-0.1, -0.05) is 13.8 Å². The summed E-state index contributed by atoms with van der Waals surface area (Å²) in [5.41, 5.74) is 1.87.